The van der Waals surface area contributed by atoms with Gasteiger partial charge in [-0.05, 0) is 31.0 Å². The second-order valence-corrected chi connectivity index (χ2v) is 4.12. The van der Waals surface area contributed by atoms with Gasteiger partial charge in [-0.25, -0.2) is 0 Å². The summed E-state index contributed by atoms with van der Waals surface area (Å²) in [5, 5.41) is 0. The van der Waals surface area contributed by atoms with Crippen molar-refractivity contribution in [2.24, 2.45) is 0 Å². The number of thiol groups is 1. The zero-order chi connectivity index (χ0) is 13.5. The number of hydrogen-bond acceptors (Lipinski definition) is 5. The van der Waals surface area contributed by atoms with E-state index in [9.17, 15) is 4.79 Å². The Labute approximate surface area is 113 Å². The Morgan fingerprint density at radius 2 is 1.89 bits per heavy atom. The minimum Gasteiger partial charge on any atom is -0.496 e. The average molecular weight is 270 g/mol. The summed E-state index contributed by atoms with van der Waals surface area (Å²) in [6, 6.07) is 3.61. The van der Waals surface area contributed by atoms with Gasteiger partial charge in [0.15, 0.2) is 0 Å². The number of carbonyl (C=O) groups is 1. The van der Waals surface area contributed by atoms with E-state index in [0.29, 0.717) is 35.8 Å². The number of aryl methyl sites for hydroxylation is 1. The number of rotatable bonds is 6. The fourth-order valence-corrected chi connectivity index (χ4v) is 1.88. The zero-order valence-electron chi connectivity index (χ0n) is 10.9. The molecular weight excluding hydrogens is 252 g/mol. The summed E-state index contributed by atoms with van der Waals surface area (Å²) < 4.78 is 15.3. The van der Waals surface area contributed by atoms with Gasteiger partial charge in [-0.3, -0.25) is 4.79 Å². The van der Waals surface area contributed by atoms with Gasteiger partial charge >= 0.3 is 5.97 Å². The Morgan fingerprint density at radius 3 is 2.44 bits per heavy atom. The third kappa shape index (κ3) is 3.84. The van der Waals surface area contributed by atoms with Crippen molar-refractivity contribution in [3.05, 3.63) is 17.7 Å². The Kier molecular flexibility index (Phi) is 5.85. The highest BCUT2D eigenvalue weighted by Gasteiger charge is 2.11. The second-order valence-electron chi connectivity index (χ2n) is 3.64. The molecule has 0 aliphatic heterocycles. The molecule has 0 aromatic heterocycles. The van der Waals surface area contributed by atoms with Crippen LogP contribution in [0.4, 0.5) is 0 Å². The van der Waals surface area contributed by atoms with Crippen LogP contribution < -0.4 is 9.47 Å². The van der Waals surface area contributed by atoms with E-state index in [0.717, 1.165) is 5.56 Å². The number of carbonyl (C=O) groups excluding carboxylic acids is 1. The van der Waals surface area contributed by atoms with Crippen LogP contribution >= 0.6 is 12.6 Å². The molecule has 0 saturated carbocycles. The number of benzene rings is 1. The maximum Gasteiger partial charge on any atom is 0.306 e. The standard InChI is InChI=1S/C13H18O4S/c1-4-17-13(14)6-5-9-7-11(16-3)12(18)8-10(9)15-2/h7-8,18H,4-6H2,1-3H3. The van der Waals surface area contributed by atoms with E-state index in [4.69, 9.17) is 14.2 Å². The summed E-state index contributed by atoms with van der Waals surface area (Å²) >= 11 is 4.29. The monoisotopic (exact) mass is 270 g/mol. The maximum absolute atomic E-state index is 11.3. The maximum atomic E-state index is 11.3. The van der Waals surface area contributed by atoms with Gasteiger partial charge in [-0.2, -0.15) is 0 Å². The predicted octanol–water partition coefficient (Wildman–Crippen LogP) is 2.49. The van der Waals surface area contributed by atoms with Gasteiger partial charge in [-0.15, -0.1) is 12.6 Å². The number of methoxy groups -OCH3 is 2. The van der Waals surface area contributed by atoms with Crippen LogP contribution in [0.15, 0.2) is 17.0 Å². The normalized spacial score (nSPS) is 10.0. The van der Waals surface area contributed by atoms with Crippen molar-refractivity contribution in [2.75, 3.05) is 20.8 Å². The molecule has 0 atom stereocenters. The average Bonchev–Trinajstić information content (AvgIpc) is 2.37. The van der Waals surface area contributed by atoms with Crippen molar-refractivity contribution in [2.45, 2.75) is 24.7 Å². The largest absolute Gasteiger partial charge is 0.496 e. The van der Waals surface area contributed by atoms with Gasteiger partial charge in [-0.1, -0.05) is 0 Å². The molecule has 1 aromatic carbocycles. The molecule has 0 heterocycles. The molecule has 0 bridgehead atoms. The third-order valence-corrected chi connectivity index (χ3v) is 2.84. The lowest BCUT2D eigenvalue weighted by Gasteiger charge is -2.12. The van der Waals surface area contributed by atoms with Crippen LogP contribution in [0, 0.1) is 0 Å². The molecule has 0 saturated heterocycles. The van der Waals surface area contributed by atoms with E-state index >= 15 is 0 Å². The third-order valence-electron chi connectivity index (χ3n) is 2.49. The molecule has 0 spiro atoms. The summed E-state index contributed by atoms with van der Waals surface area (Å²) in [4.78, 5) is 12.0. The molecule has 1 aromatic rings. The van der Waals surface area contributed by atoms with Gasteiger partial charge in [0.1, 0.15) is 11.5 Å². The smallest absolute Gasteiger partial charge is 0.306 e. The van der Waals surface area contributed by atoms with Gasteiger partial charge in [0.05, 0.1) is 20.8 Å². The Bertz CT molecular complexity index is 418. The topological polar surface area (TPSA) is 44.8 Å². The number of hydrogen-bond donors (Lipinski definition) is 1. The molecule has 18 heavy (non-hydrogen) atoms. The molecule has 5 heteroatoms. The Hall–Kier alpha value is -1.36. The molecule has 0 amide bonds. The van der Waals surface area contributed by atoms with E-state index in [1.54, 1.807) is 27.2 Å². The molecule has 0 aliphatic rings. The number of ether oxygens (including phenoxy) is 3. The van der Waals surface area contributed by atoms with Gasteiger partial charge in [0.25, 0.3) is 0 Å². The Morgan fingerprint density at radius 1 is 1.22 bits per heavy atom. The number of esters is 1. The lowest BCUT2D eigenvalue weighted by molar-refractivity contribution is -0.143. The van der Waals surface area contributed by atoms with Crippen molar-refractivity contribution in [1.82, 2.24) is 0 Å². The van der Waals surface area contributed by atoms with E-state index < -0.39 is 0 Å². The lowest BCUT2D eigenvalue weighted by atomic mass is 10.1. The molecular formula is C13H18O4S. The molecule has 0 N–H and O–H groups in total. The highest BCUT2D eigenvalue weighted by Crippen LogP contribution is 2.31. The molecule has 0 radical (unpaired) electrons. The molecule has 0 fully saturated rings. The SMILES string of the molecule is CCOC(=O)CCc1cc(OC)c(S)cc1OC. The van der Waals surface area contributed by atoms with E-state index in [1.807, 2.05) is 6.07 Å². The molecule has 100 valence electrons. The first-order valence-electron chi connectivity index (χ1n) is 5.71. The van der Waals surface area contributed by atoms with Crippen molar-refractivity contribution >= 4 is 18.6 Å². The predicted molar refractivity (Wildman–Crippen MR) is 71.8 cm³/mol. The van der Waals surface area contributed by atoms with Gasteiger partial charge < -0.3 is 14.2 Å². The molecule has 0 aliphatic carbocycles. The minimum absolute atomic E-state index is 0.214. The summed E-state index contributed by atoms with van der Waals surface area (Å²) in [5.41, 5.74) is 0.903. The zero-order valence-corrected chi connectivity index (χ0v) is 11.8. The van der Waals surface area contributed by atoms with E-state index in [2.05, 4.69) is 12.6 Å². The first kappa shape index (κ1) is 14.7. The van der Waals surface area contributed by atoms with Gasteiger partial charge in [0.2, 0.25) is 0 Å². The van der Waals surface area contributed by atoms with Crippen molar-refractivity contribution < 1.29 is 19.0 Å². The highest BCUT2D eigenvalue weighted by molar-refractivity contribution is 7.80. The fourth-order valence-electron chi connectivity index (χ4n) is 1.61. The van der Waals surface area contributed by atoms with Crippen LogP contribution in [0.2, 0.25) is 0 Å². The Balaban J connectivity index is 2.83. The first-order valence-corrected chi connectivity index (χ1v) is 6.16. The minimum atomic E-state index is -0.214. The van der Waals surface area contributed by atoms with E-state index in [1.165, 1.54) is 0 Å². The summed E-state index contributed by atoms with van der Waals surface area (Å²) in [6.07, 6.45) is 0.867. The van der Waals surface area contributed by atoms with Crippen LogP contribution in [-0.4, -0.2) is 26.8 Å². The van der Waals surface area contributed by atoms with Crippen LogP contribution in [0.1, 0.15) is 18.9 Å². The van der Waals surface area contributed by atoms with Crippen molar-refractivity contribution in [3.63, 3.8) is 0 Å². The molecule has 1 rings (SSSR count). The van der Waals surface area contributed by atoms with Crippen LogP contribution in [-0.2, 0) is 16.0 Å². The second kappa shape index (κ2) is 7.16. The molecule has 4 nitrogen and oxygen atoms in total. The van der Waals surface area contributed by atoms with E-state index in [-0.39, 0.29) is 5.97 Å². The lowest BCUT2D eigenvalue weighted by Crippen LogP contribution is -2.06. The van der Waals surface area contributed by atoms with Crippen LogP contribution in [0.5, 0.6) is 11.5 Å². The first-order chi connectivity index (χ1) is 8.62. The van der Waals surface area contributed by atoms with Crippen molar-refractivity contribution in [1.29, 1.82) is 0 Å². The summed E-state index contributed by atoms with van der Waals surface area (Å²) in [5.74, 6) is 1.15. The van der Waals surface area contributed by atoms with Crippen LogP contribution in [0.25, 0.3) is 0 Å². The summed E-state index contributed by atoms with van der Waals surface area (Å²) in [7, 11) is 3.17. The molecule has 0 unspecified atom stereocenters. The highest BCUT2D eigenvalue weighted by atomic mass is 32.1. The van der Waals surface area contributed by atoms with Gasteiger partial charge in [0, 0.05) is 11.3 Å². The fraction of sp³-hybridized carbons (Fsp3) is 0.462. The van der Waals surface area contributed by atoms with Crippen molar-refractivity contribution in [3.8, 4) is 11.5 Å². The summed E-state index contributed by atoms with van der Waals surface area (Å²) in [6.45, 7) is 2.19. The quantitative estimate of drug-likeness (QED) is 0.637. The van der Waals surface area contributed by atoms with Crippen LogP contribution in [0.3, 0.4) is 0 Å².